The fraction of sp³-hybridized carbons (Fsp3) is 1.00. The van der Waals surface area contributed by atoms with Gasteiger partial charge in [0.1, 0.15) is 24.4 Å². The molecule has 0 radical (unpaired) electrons. The average Bonchev–Trinajstić information content (AvgIpc) is 2.42. The molecule has 0 aliphatic heterocycles. The molecule has 0 aromatic rings. The molecule has 0 unspecified atom stereocenters. The molecule has 0 saturated carbocycles. The number of rotatable bonds is 13. The summed E-state index contributed by atoms with van der Waals surface area (Å²) in [5, 5.41) is 20.3. The maximum absolute atomic E-state index is 11.3. The van der Waals surface area contributed by atoms with Gasteiger partial charge in [-0.3, -0.25) is 16.7 Å². The first-order valence-electron chi connectivity index (χ1n) is 7.01. The lowest BCUT2D eigenvalue weighted by Crippen LogP contribution is -2.50. The van der Waals surface area contributed by atoms with Crippen LogP contribution in [0.1, 0.15) is 0 Å². The first kappa shape index (κ1) is 27.6. The third-order valence-corrected chi connectivity index (χ3v) is 4.92. The van der Waals surface area contributed by atoms with Crippen LogP contribution in [-0.4, -0.2) is 107 Å². The van der Waals surface area contributed by atoms with Crippen molar-refractivity contribution in [3.8, 4) is 0 Å². The zero-order chi connectivity index (χ0) is 22.6. The topological polar surface area (TPSA) is 214 Å². The molecule has 4 atom stereocenters. The van der Waals surface area contributed by atoms with E-state index < -0.39 is 78.1 Å². The minimum Gasteiger partial charge on any atom is -0.387 e. The second-order valence-corrected chi connectivity index (χ2v) is 12.1. The summed E-state index contributed by atoms with van der Waals surface area (Å²) in [6.45, 7) is -2.16. The summed E-state index contributed by atoms with van der Waals surface area (Å²) >= 11 is 0. The zero-order valence-corrected chi connectivity index (χ0v) is 18.4. The Morgan fingerprint density at radius 3 is 1.00 bits per heavy atom. The van der Waals surface area contributed by atoms with E-state index in [1.165, 1.54) is 0 Å². The second-order valence-electron chi connectivity index (χ2n) is 5.64. The highest BCUT2D eigenvalue weighted by Gasteiger charge is 2.38. The third kappa shape index (κ3) is 13.7. The Bertz CT molecular complexity index is 839. The fourth-order valence-electron chi connectivity index (χ4n) is 1.64. The molecule has 0 aromatic carbocycles. The molecule has 2 N–H and O–H groups in total. The lowest BCUT2D eigenvalue weighted by molar-refractivity contribution is -0.103. The molecule has 18 heteroatoms. The number of aliphatic hydroxyl groups is 2. The minimum absolute atomic E-state index is 0.552. The van der Waals surface area contributed by atoms with Crippen molar-refractivity contribution in [3.05, 3.63) is 0 Å². The van der Waals surface area contributed by atoms with E-state index in [1.807, 2.05) is 0 Å². The predicted molar refractivity (Wildman–Crippen MR) is 93.0 cm³/mol. The standard InChI is InChI=1S/C10H22O14S4/c1-25(13,14)21-5-7(23-27(3,17)18)9(11)10(12)8(24-28(4,19)20)6-22-26(2,15)16/h7-12H,5-6H2,1-4H3/t7-,8-,9-,10+/m0/s1. The SMILES string of the molecule is CS(=O)(=O)OC[C@H](OS(C)(=O)=O)[C@H](O)[C@H](O)[C@H](COS(C)(=O)=O)OS(C)(=O)=O. The molecule has 0 heterocycles. The highest BCUT2D eigenvalue weighted by atomic mass is 32.2. The Hall–Kier alpha value is -0.440. The van der Waals surface area contributed by atoms with Gasteiger partial charge in [0.05, 0.1) is 38.2 Å². The molecule has 0 spiro atoms. The van der Waals surface area contributed by atoms with Gasteiger partial charge in [0.2, 0.25) is 0 Å². The lowest BCUT2D eigenvalue weighted by Gasteiger charge is -2.29. The molecule has 0 bridgehead atoms. The Morgan fingerprint density at radius 2 is 0.821 bits per heavy atom. The average molecular weight is 495 g/mol. The molecular weight excluding hydrogens is 472 g/mol. The van der Waals surface area contributed by atoms with Crippen molar-refractivity contribution in [2.75, 3.05) is 38.2 Å². The van der Waals surface area contributed by atoms with Crippen molar-refractivity contribution < 1.29 is 60.6 Å². The summed E-state index contributed by atoms with van der Waals surface area (Å²) in [4.78, 5) is 0. The van der Waals surface area contributed by atoms with Crippen LogP contribution in [0.5, 0.6) is 0 Å². The molecule has 0 saturated heterocycles. The van der Waals surface area contributed by atoms with Crippen LogP contribution < -0.4 is 0 Å². The predicted octanol–water partition coefficient (Wildman–Crippen LogP) is -3.65. The van der Waals surface area contributed by atoms with Crippen molar-refractivity contribution in [3.63, 3.8) is 0 Å². The maximum Gasteiger partial charge on any atom is 0.264 e. The van der Waals surface area contributed by atoms with E-state index in [0.29, 0.717) is 25.0 Å². The molecule has 0 aliphatic carbocycles. The van der Waals surface area contributed by atoms with E-state index in [4.69, 9.17) is 0 Å². The van der Waals surface area contributed by atoms with Gasteiger partial charge in [0.15, 0.2) is 0 Å². The molecule has 170 valence electrons. The van der Waals surface area contributed by atoms with Gasteiger partial charge in [-0.05, 0) is 0 Å². The van der Waals surface area contributed by atoms with Crippen LogP contribution in [0.2, 0.25) is 0 Å². The molecule has 0 aliphatic rings. The van der Waals surface area contributed by atoms with Crippen molar-refractivity contribution in [2.45, 2.75) is 24.4 Å². The van der Waals surface area contributed by atoms with E-state index in [9.17, 15) is 43.9 Å². The van der Waals surface area contributed by atoms with Gasteiger partial charge in [-0.15, -0.1) is 0 Å². The molecular formula is C10H22O14S4. The van der Waals surface area contributed by atoms with E-state index in [1.54, 1.807) is 0 Å². The Labute approximate surface area is 163 Å². The highest BCUT2D eigenvalue weighted by molar-refractivity contribution is 7.86. The summed E-state index contributed by atoms with van der Waals surface area (Å²) < 4.78 is 107. The smallest absolute Gasteiger partial charge is 0.264 e. The van der Waals surface area contributed by atoms with E-state index in [0.717, 1.165) is 0 Å². The van der Waals surface area contributed by atoms with Crippen molar-refractivity contribution in [1.82, 2.24) is 0 Å². The van der Waals surface area contributed by atoms with Gasteiger partial charge < -0.3 is 10.2 Å². The zero-order valence-electron chi connectivity index (χ0n) is 15.2. The number of aliphatic hydroxyl groups excluding tert-OH is 2. The molecule has 14 nitrogen and oxygen atoms in total. The van der Waals surface area contributed by atoms with Crippen LogP contribution in [0.15, 0.2) is 0 Å². The molecule has 28 heavy (non-hydrogen) atoms. The van der Waals surface area contributed by atoms with E-state index >= 15 is 0 Å². The van der Waals surface area contributed by atoms with Gasteiger partial charge in [-0.2, -0.15) is 33.7 Å². The first-order chi connectivity index (χ1) is 12.2. The summed E-state index contributed by atoms with van der Waals surface area (Å²) in [6, 6.07) is 0. The molecule has 0 amide bonds. The van der Waals surface area contributed by atoms with Crippen LogP contribution >= 0.6 is 0 Å². The van der Waals surface area contributed by atoms with Crippen molar-refractivity contribution >= 4 is 40.5 Å². The maximum atomic E-state index is 11.3. The van der Waals surface area contributed by atoms with E-state index in [-0.39, 0.29) is 0 Å². The highest BCUT2D eigenvalue weighted by Crippen LogP contribution is 2.16. The largest absolute Gasteiger partial charge is 0.387 e. The minimum atomic E-state index is -4.30. The fourth-order valence-corrected chi connectivity index (χ4v) is 3.64. The monoisotopic (exact) mass is 494 g/mol. The first-order valence-corrected chi connectivity index (χ1v) is 14.3. The second kappa shape index (κ2) is 10.0. The molecule has 0 fully saturated rings. The Balaban J connectivity index is 5.67. The van der Waals surface area contributed by atoms with E-state index in [2.05, 4.69) is 16.7 Å². The van der Waals surface area contributed by atoms with Crippen LogP contribution in [0.25, 0.3) is 0 Å². The van der Waals surface area contributed by atoms with Gasteiger partial charge in [-0.1, -0.05) is 0 Å². The van der Waals surface area contributed by atoms with Crippen LogP contribution in [0.3, 0.4) is 0 Å². The quantitative estimate of drug-likeness (QED) is 0.236. The van der Waals surface area contributed by atoms with Crippen molar-refractivity contribution in [1.29, 1.82) is 0 Å². The van der Waals surface area contributed by atoms with Crippen LogP contribution in [0.4, 0.5) is 0 Å². The summed E-state index contributed by atoms with van der Waals surface area (Å²) in [7, 11) is -16.8. The Morgan fingerprint density at radius 1 is 0.571 bits per heavy atom. The van der Waals surface area contributed by atoms with Crippen molar-refractivity contribution in [2.24, 2.45) is 0 Å². The summed E-state index contributed by atoms with van der Waals surface area (Å²) in [6.07, 6.45) is -6.32. The van der Waals surface area contributed by atoms with Gasteiger partial charge in [-0.25, -0.2) is 0 Å². The van der Waals surface area contributed by atoms with Crippen LogP contribution in [-0.2, 0) is 57.2 Å². The van der Waals surface area contributed by atoms with Gasteiger partial charge >= 0.3 is 0 Å². The third-order valence-electron chi connectivity index (χ3n) is 2.60. The van der Waals surface area contributed by atoms with Gasteiger partial charge in [0, 0.05) is 0 Å². The normalized spacial score (nSPS) is 18.4. The Kier molecular flexibility index (Phi) is 9.89. The number of hydrogen-bond acceptors (Lipinski definition) is 14. The summed E-state index contributed by atoms with van der Waals surface area (Å²) in [5.41, 5.74) is 0. The van der Waals surface area contributed by atoms with Crippen LogP contribution in [0, 0.1) is 0 Å². The van der Waals surface area contributed by atoms with Gasteiger partial charge in [0.25, 0.3) is 40.5 Å². The number of hydrogen-bond donors (Lipinski definition) is 2. The lowest BCUT2D eigenvalue weighted by atomic mass is 10.0. The molecule has 0 rings (SSSR count). The summed E-state index contributed by atoms with van der Waals surface area (Å²) in [5.74, 6) is 0. The molecule has 0 aromatic heterocycles.